The highest BCUT2D eigenvalue weighted by Crippen LogP contribution is 2.05. The fourth-order valence-electron chi connectivity index (χ4n) is 1.53. The molecule has 22 heavy (non-hydrogen) atoms. The first kappa shape index (κ1) is 17.6. The van der Waals surface area contributed by atoms with Gasteiger partial charge in [0.15, 0.2) is 9.84 Å². The molecule has 0 aromatic heterocycles. The van der Waals surface area contributed by atoms with E-state index in [-0.39, 0.29) is 13.0 Å². The topological polar surface area (TPSA) is 130 Å². The molecule has 0 unspecified atom stereocenters. The molecule has 8 nitrogen and oxygen atoms in total. The number of hydrogen-bond acceptors (Lipinski definition) is 5. The minimum atomic E-state index is -3.92. The molecule has 1 rings (SSSR count). The van der Waals surface area contributed by atoms with Gasteiger partial charge >= 0.3 is 5.97 Å². The molecule has 1 aromatic rings. The molecule has 9 heteroatoms. The number of carboxylic acids is 1. The Morgan fingerprint density at radius 1 is 1.00 bits per heavy atom. The van der Waals surface area contributed by atoms with Crippen LogP contribution >= 0.6 is 0 Å². The van der Waals surface area contributed by atoms with Gasteiger partial charge in [0.2, 0.25) is 11.8 Å². The van der Waals surface area contributed by atoms with Gasteiger partial charge in [-0.2, -0.15) is 0 Å². The average molecular weight is 328 g/mol. The number of aliphatic carboxylic acids is 1. The molecule has 2 amide bonds. The first-order chi connectivity index (χ1) is 10.3. The molecular weight excluding hydrogens is 312 g/mol. The van der Waals surface area contributed by atoms with Crippen LogP contribution in [0, 0.1) is 0 Å². The van der Waals surface area contributed by atoms with E-state index in [1.807, 2.05) is 0 Å². The lowest BCUT2D eigenvalue weighted by Gasteiger charge is -2.07. The second-order valence-electron chi connectivity index (χ2n) is 4.44. The van der Waals surface area contributed by atoms with E-state index in [9.17, 15) is 22.8 Å². The molecule has 0 saturated heterocycles. The number of sulfone groups is 1. The molecule has 0 bridgehead atoms. The molecule has 0 aliphatic rings. The lowest BCUT2D eigenvalue weighted by atomic mass is 10.3. The molecule has 0 radical (unpaired) electrons. The summed E-state index contributed by atoms with van der Waals surface area (Å²) in [5, 5.41) is 13.0. The maximum absolute atomic E-state index is 11.7. The van der Waals surface area contributed by atoms with Crippen molar-refractivity contribution in [2.45, 2.75) is 6.42 Å². The van der Waals surface area contributed by atoms with Gasteiger partial charge in [-0.15, -0.1) is 0 Å². The summed E-state index contributed by atoms with van der Waals surface area (Å²) >= 11 is 0. The van der Waals surface area contributed by atoms with Crippen LogP contribution in [0.4, 0.5) is 5.69 Å². The van der Waals surface area contributed by atoms with E-state index in [4.69, 9.17) is 5.11 Å². The Kier molecular flexibility index (Phi) is 6.51. The van der Waals surface area contributed by atoms with Gasteiger partial charge in [0.05, 0.1) is 6.42 Å². The van der Waals surface area contributed by atoms with Crippen LogP contribution in [0.15, 0.2) is 30.3 Å². The first-order valence-corrected chi connectivity index (χ1v) is 8.14. The number of carbonyl (C=O) groups excluding carboxylic acids is 2. The van der Waals surface area contributed by atoms with Crippen LogP contribution in [0.5, 0.6) is 0 Å². The number of amides is 2. The van der Waals surface area contributed by atoms with Gasteiger partial charge in [0, 0.05) is 12.2 Å². The van der Waals surface area contributed by atoms with Crippen molar-refractivity contribution in [1.29, 1.82) is 0 Å². The standard InChI is InChI=1S/C13H16N2O6S/c16-11(14-7-6-13(18)19)8-22(20,21)9-12(17)15-10-4-2-1-3-5-10/h1-5H,6-9H2,(H,14,16)(H,15,17)(H,18,19). The summed E-state index contributed by atoms with van der Waals surface area (Å²) in [5.74, 6) is -4.38. The Morgan fingerprint density at radius 3 is 2.18 bits per heavy atom. The summed E-state index contributed by atoms with van der Waals surface area (Å²) in [5.41, 5.74) is 0.452. The molecule has 0 fully saturated rings. The van der Waals surface area contributed by atoms with Crippen LogP contribution in [0.3, 0.4) is 0 Å². The molecule has 120 valence electrons. The van der Waals surface area contributed by atoms with E-state index in [0.29, 0.717) is 5.69 Å². The molecule has 1 aromatic carbocycles. The van der Waals surface area contributed by atoms with E-state index >= 15 is 0 Å². The second-order valence-corrected chi connectivity index (χ2v) is 6.50. The van der Waals surface area contributed by atoms with Crippen molar-refractivity contribution in [3.8, 4) is 0 Å². The van der Waals surface area contributed by atoms with Crippen molar-refractivity contribution < 1.29 is 27.9 Å². The maximum atomic E-state index is 11.7. The quantitative estimate of drug-likeness (QED) is 0.597. The normalized spacial score (nSPS) is 10.7. The third-order valence-electron chi connectivity index (χ3n) is 2.42. The molecule has 0 aliphatic heterocycles. The van der Waals surface area contributed by atoms with Crippen molar-refractivity contribution in [3.63, 3.8) is 0 Å². The minimum Gasteiger partial charge on any atom is -0.481 e. The summed E-state index contributed by atoms with van der Waals surface area (Å²) in [6.45, 7) is -0.167. The van der Waals surface area contributed by atoms with E-state index in [0.717, 1.165) is 0 Å². The highest BCUT2D eigenvalue weighted by atomic mass is 32.2. The number of rotatable bonds is 8. The Labute approximate surface area is 127 Å². The van der Waals surface area contributed by atoms with Crippen LogP contribution < -0.4 is 10.6 Å². The van der Waals surface area contributed by atoms with Gasteiger partial charge in [0.25, 0.3) is 0 Å². The predicted molar refractivity (Wildman–Crippen MR) is 79.0 cm³/mol. The third-order valence-corrected chi connectivity index (χ3v) is 3.82. The summed E-state index contributed by atoms with van der Waals surface area (Å²) in [4.78, 5) is 33.2. The third kappa shape index (κ3) is 7.39. The Hall–Kier alpha value is -2.42. The number of carbonyl (C=O) groups is 3. The van der Waals surface area contributed by atoms with Crippen LogP contribution in [-0.2, 0) is 24.2 Å². The fraction of sp³-hybridized carbons (Fsp3) is 0.308. The highest BCUT2D eigenvalue weighted by Gasteiger charge is 2.20. The van der Waals surface area contributed by atoms with Crippen LogP contribution in [-0.4, -0.2) is 49.4 Å². The maximum Gasteiger partial charge on any atom is 0.305 e. The van der Waals surface area contributed by atoms with E-state index in [1.165, 1.54) is 0 Å². The smallest absolute Gasteiger partial charge is 0.305 e. The number of benzene rings is 1. The zero-order chi connectivity index (χ0) is 16.6. The Bertz CT molecular complexity index is 642. The van der Waals surface area contributed by atoms with Crippen molar-refractivity contribution in [1.82, 2.24) is 5.32 Å². The summed E-state index contributed by atoms with van der Waals surface area (Å²) in [7, 11) is -3.92. The number of carboxylic acid groups (broad SMARTS) is 1. The zero-order valence-electron chi connectivity index (χ0n) is 11.6. The van der Waals surface area contributed by atoms with Gasteiger partial charge in [-0.3, -0.25) is 14.4 Å². The predicted octanol–water partition coefficient (Wildman–Crippen LogP) is -0.369. The largest absolute Gasteiger partial charge is 0.481 e. The van der Waals surface area contributed by atoms with E-state index in [1.54, 1.807) is 30.3 Å². The van der Waals surface area contributed by atoms with Gasteiger partial charge in [-0.25, -0.2) is 8.42 Å². The zero-order valence-corrected chi connectivity index (χ0v) is 12.4. The minimum absolute atomic E-state index is 0.167. The monoisotopic (exact) mass is 328 g/mol. The van der Waals surface area contributed by atoms with Gasteiger partial charge < -0.3 is 15.7 Å². The van der Waals surface area contributed by atoms with Gasteiger partial charge in [-0.05, 0) is 12.1 Å². The number of para-hydroxylation sites is 1. The van der Waals surface area contributed by atoms with E-state index < -0.39 is 39.1 Å². The average Bonchev–Trinajstić information content (AvgIpc) is 2.37. The SMILES string of the molecule is O=C(O)CCNC(=O)CS(=O)(=O)CC(=O)Nc1ccccc1. The van der Waals surface area contributed by atoms with Crippen molar-refractivity contribution in [3.05, 3.63) is 30.3 Å². The Morgan fingerprint density at radius 2 is 1.59 bits per heavy atom. The molecule has 0 aliphatic carbocycles. The summed E-state index contributed by atoms with van der Waals surface area (Å²) in [6.07, 6.45) is -0.305. The molecule has 0 saturated carbocycles. The molecule has 0 heterocycles. The number of anilines is 1. The van der Waals surface area contributed by atoms with Crippen LogP contribution in [0.25, 0.3) is 0 Å². The Balaban J connectivity index is 2.44. The molecule has 3 N–H and O–H groups in total. The van der Waals surface area contributed by atoms with Crippen molar-refractivity contribution in [2.24, 2.45) is 0 Å². The van der Waals surface area contributed by atoms with Gasteiger partial charge in [-0.1, -0.05) is 18.2 Å². The lowest BCUT2D eigenvalue weighted by Crippen LogP contribution is -2.35. The first-order valence-electron chi connectivity index (χ1n) is 6.32. The molecular formula is C13H16N2O6S. The van der Waals surface area contributed by atoms with Crippen LogP contribution in [0.1, 0.15) is 6.42 Å². The van der Waals surface area contributed by atoms with Crippen LogP contribution in [0.2, 0.25) is 0 Å². The second kappa shape index (κ2) is 8.13. The van der Waals surface area contributed by atoms with Crippen molar-refractivity contribution >= 4 is 33.3 Å². The molecule has 0 atom stereocenters. The van der Waals surface area contributed by atoms with Crippen molar-refractivity contribution in [2.75, 3.05) is 23.4 Å². The van der Waals surface area contributed by atoms with E-state index in [2.05, 4.69) is 10.6 Å². The lowest BCUT2D eigenvalue weighted by molar-refractivity contribution is -0.136. The number of nitrogens with one attached hydrogen (secondary N) is 2. The number of hydrogen-bond donors (Lipinski definition) is 3. The summed E-state index contributed by atoms with van der Waals surface area (Å²) < 4.78 is 23.4. The fourth-order valence-corrected chi connectivity index (χ4v) is 2.60. The molecule has 0 spiro atoms. The highest BCUT2D eigenvalue weighted by molar-refractivity contribution is 7.92. The van der Waals surface area contributed by atoms with Gasteiger partial charge in [0.1, 0.15) is 11.5 Å². The summed E-state index contributed by atoms with van der Waals surface area (Å²) in [6, 6.07) is 8.31.